The van der Waals surface area contributed by atoms with Crippen LogP contribution in [0.1, 0.15) is 49.9 Å². The molecular formula is C15H23N3O2. The van der Waals surface area contributed by atoms with Gasteiger partial charge in [0.15, 0.2) is 0 Å². The van der Waals surface area contributed by atoms with Gasteiger partial charge < -0.3 is 5.11 Å². The van der Waals surface area contributed by atoms with Crippen LogP contribution in [-0.4, -0.2) is 38.3 Å². The molecule has 0 bridgehead atoms. The van der Waals surface area contributed by atoms with Gasteiger partial charge in [0, 0.05) is 32.1 Å². The third-order valence-corrected chi connectivity index (χ3v) is 4.53. The molecule has 0 aromatic carbocycles. The van der Waals surface area contributed by atoms with Crippen LogP contribution < -0.4 is 0 Å². The van der Waals surface area contributed by atoms with Crippen LogP contribution in [0.5, 0.6) is 0 Å². The number of carbonyl (C=O) groups is 1. The summed E-state index contributed by atoms with van der Waals surface area (Å²) in [7, 11) is 0. The molecule has 0 spiro atoms. The van der Waals surface area contributed by atoms with Crippen molar-refractivity contribution in [1.82, 2.24) is 14.7 Å². The van der Waals surface area contributed by atoms with Crippen molar-refractivity contribution in [1.29, 1.82) is 0 Å². The first-order valence-electron chi connectivity index (χ1n) is 7.74. The number of nitrogens with zero attached hydrogens (tertiary/aromatic N) is 3. The van der Waals surface area contributed by atoms with Crippen molar-refractivity contribution in [3.8, 4) is 0 Å². The molecule has 1 aromatic rings. The van der Waals surface area contributed by atoms with Gasteiger partial charge in [-0.2, -0.15) is 5.10 Å². The van der Waals surface area contributed by atoms with Crippen LogP contribution in [-0.2, 0) is 24.3 Å². The second kappa shape index (κ2) is 5.95. The minimum Gasteiger partial charge on any atom is -0.481 e. The summed E-state index contributed by atoms with van der Waals surface area (Å²) in [6.45, 7) is 3.11. The van der Waals surface area contributed by atoms with Crippen molar-refractivity contribution < 1.29 is 9.90 Å². The molecular weight excluding hydrogens is 254 g/mol. The molecule has 3 rings (SSSR count). The Labute approximate surface area is 119 Å². The smallest absolute Gasteiger partial charge is 0.303 e. The Morgan fingerprint density at radius 3 is 2.85 bits per heavy atom. The van der Waals surface area contributed by atoms with Gasteiger partial charge in [0.25, 0.3) is 0 Å². The van der Waals surface area contributed by atoms with Crippen molar-refractivity contribution in [2.75, 3.05) is 6.54 Å². The summed E-state index contributed by atoms with van der Waals surface area (Å²) >= 11 is 0. The molecule has 2 aliphatic rings. The number of aliphatic carboxylic acids is 1. The molecule has 1 N–H and O–H groups in total. The first-order chi connectivity index (χ1) is 9.72. The molecule has 1 fully saturated rings. The van der Waals surface area contributed by atoms with Crippen molar-refractivity contribution >= 4 is 5.97 Å². The lowest BCUT2D eigenvalue weighted by molar-refractivity contribution is -0.136. The Morgan fingerprint density at radius 1 is 1.30 bits per heavy atom. The van der Waals surface area contributed by atoms with E-state index >= 15 is 0 Å². The lowest BCUT2D eigenvalue weighted by Crippen LogP contribution is -2.32. The van der Waals surface area contributed by atoms with Gasteiger partial charge >= 0.3 is 5.97 Å². The maximum Gasteiger partial charge on any atom is 0.303 e. The predicted octanol–water partition coefficient (Wildman–Crippen LogP) is 2.05. The molecule has 1 saturated carbocycles. The van der Waals surface area contributed by atoms with Gasteiger partial charge in [-0.3, -0.25) is 14.4 Å². The Bertz CT molecular complexity index is 477. The molecule has 5 nitrogen and oxygen atoms in total. The second-order valence-electron chi connectivity index (χ2n) is 6.01. The summed E-state index contributed by atoms with van der Waals surface area (Å²) in [5.74, 6) is -0.749. The molecule has 1 aromatic heterocycles. The highest BCUT2D eigenvalue weighted by Gasteiger charge is 2.25. The average Bonchev–Trinajstić information content (AvgIpc) is 3.03. The van der Waals surface area contributed by atoms with E-state index < -0.39 is 5.97 Å². The maximum absolute atomic E-state index is 10.7. The molecule has 1 aliphatic carbocycles. The highest BCUT2D eigenvalue weighted by molar-refractivity contribution is 5.66. The standard InChI is InChI=1S/C15H23N3O2/c19-15(20)7-6-12-10-14-11-17(13-4-1-2-5-13)8-3-9-18(14)16-12/h10,13H,1-9,11H2,(H,19,20). The lowest BCUT2D eigenvalue weighted by Gasteiger charge is -2.26. The molecule has 0 saturated heterocycles. The number of carboxylic acid groups (broad SMARTS) is 1. The highest BCUT2D eigenvalue weighted by Crippen LogP contribution is 2.26. The van der Waals surface area contributed by atoms with Crippen LogP contribution in [0.2, 0.25) is 0 Å². The van der Waals surface area contributed by atoms with E-state index in [1.807, 2.05) is 0 Å². The fourth-order valence-electron chi connectivity index (χ4n) is 3.48. The molecule has 5 heteroatoms. The molecule has 1 aliphatic heterocycles. The molecule has 0 radical (unpaired) electrons. The number of rotatable bonds is 4. The van der Waals surface area contributed by atoms with Crippen LogP contribution in [0.15, 0.2) is 6.07 Å². The summed E-state index contributed by atoms with van der Waals surface area (Å²) in [5.41, 5.74) is 2.19. The highest BCUT2D eigenvalue weighted by atomic mass is 16.4. The minimum atomic E-state index is -0.749. The number of aryl methyl sites for hydroxylation is 2. The van der Waals surface area contributed by atoms with Gasteiger partial charge in [-0.1, -0.05) is 12.8 Å². The molecule has 0 amide bonds. The minimum absolute atomic E-state index is 0.169. The van der Waals surface area contributed by atoms with E-state index in [9.17, 15) is 4.79 Å². The number of fused-ring (bicyclic) bond motifs is 1. The lowest BCUT2D eigenvalue weighted by atomic mass is 10.2. The van der Waals surface area contributed by atoms with E-state index in [0.29, 0.717) is 6.42 Å². The Hall–Kier alpha value is -1.36. The normalized spacial score (nSPS) is 20.8. The molecule has 110 valence electrons. The molecule has 0 atom stereocenters. The maximum atomic E-state index is 10.7. The topological polar surface area (TPSA) is 58.4 Å². The second-order valence-corrected chi connectivity index (χ2v) is 6.01. The van der Waals surface area contributed by atoms with Gasteiger partial charge in [0.1, 0.15) is 0 Å². The van der Waals surface area contributed by atoms with Gasteiger partial charge in [-0.25, -0.2) is 0 Å². The summed E-state index contributed by atoms with van der Waals surface area (Å²) in [6, 6.07) is 2.86. The Kier molecular flexibility index (Phi) is 4.05. The van der Waals surface area contributed by atoms with E-state index in [-0.39, 0.29) is 6.42 Å². The zero-order valence-corrected chi connectivity index (χ0v) is 11.9. The van der Waals surface area contributed by atoms with Crippen LogP contribution in [0.25, 0.3) is 0 Å². The fourth-order valence-corrected chi connectivity index (χ4v) is 3.48. The zero-order valence-electron chi connectivity index (χ0n) is 11.9. The fraction of sp³-hybridized carbons (Fsp3) is 0.733. The van der Waals surface area contributed by atoms with E-state index in [1.165, 1.54) is 37.9 Å². The Morgan fingerprint density at radius 2 is 2.10 bits per heavy atom. The molecule has 0 unspecified atom stereocenters. The number of hydrogen-bond acceptors (Lipinski definition) is 3. The van der Waals surface area contributed by atoms with Crippen LogP contribution >= 0.6 is 0 Å². The average molecular weight is 277 g/mol. The Balaban J connectivity index is 1.69. The quantitative estimate of drug-likeness (QED) is 0.915. The van der Waals surface area contributed by atoms with Crippen LogP contribution in [0, 0.1) is 0 Å². The van der Waals surface area contributed by atoms with Gasteiger partial charge in [0.05, 0.1) is 17.8 Å². The number of hydrogen-bond donors (Lipinski definition) is 1. The largest absolute Gasteiger partial charge is 0.481 e. The number of carboxylic acids is 1. The van der Waals surface area contributed by atoms with Gasteiger partial charge in [-0.15, -0.1) is 0 Å². The molecule has 20 heavy (non-hydrogen) atoms. The number of aromatic nitrogens is 2. The van der Waals surface area contributed by atoms with E-state index in [1.54, 1.807) is 0 Å². The SMILES string of the molecule is O=C(O)CCc1cc2n(n1)CCCN(C1CCCC1)C2. The van der Waals surface area contributed by atoms with E-state index in [0.717, 1.165) is 31.2 Å². The summed E-state index contributed by atoms with van der Waals surface area (Å²) < 4.78 is 2.09. The van der Waals surface area contributed by atoms with Gasteiger partial charge in [-0.05, 0) is 25.3 Å². The first kappa shape index (κ1) is 13.6. The zero-order chi connectivity index (χ0) is 13.9. The summed E-state index contributed by atoms with van der Waals surface area (Å²) in [6.07, 6.45) is 7.25. The van der Waals surface area contributed by atoms with Gasteiger partial charge in [0.2, 0.25) is 0 Å². The van der Waals surface area contributed by atoms with Crippen molar-refractivity contribution in [2.24, 2.45) is 0 Å². The third-order valence-electron chi connectivity index (χ3n) is 4.53. The van der Waals surface area contributed by atoms with E-state index in [2.05, 4.69) is 20.7 Å². The predicted molar refractivity (Wildman–Crippen MR) is 75.5 cm³/mol. The summed E-state index contributed by atoms with van der Waals surface area (Å²) in [4.78, 5) is 13.3. The van der Waals surface area contributed by atoms with Crippen molar-refractivity contribution in [2.45, 2.75) is 64.1 Å². The van der Waals surface area contributed by atoms with E-state index in [4.69, 9.17) is 5.11 Å². The molecule has 2 heterocycles. The monoisotopic (exact) mass is 277 g/mol. The first-order valence-corrected chi connectivity index (χ1v) is 7.74. The summed E-state index contributed by atoms with van der Waals surface area (Å²) in [5, 5.41) is 13.3. The van der Waals surface area contributed by atoms with Crippen molar-refractivity contribution in [3.63, 3.8) is 0 Å². The van der Waals surface area contributed by atoms with Crippen LogP contribution in [0.4, 0.5) is 0 Å². The van der Waals surface area contributed by atoms with Crippen molar-refractivity contribution in [3.05, 3.63) is 17.5 Å². The van der Waals surface area contributed by atoms with Crippen LogP contribution in [0.3, 0.4) is 0 Å². The third kappa shape index (κ3) is 3.03.